The summed E-state index contributed by atoms with van der Waals surface area (Å²) < 4.78 is 18.8. The third-order valence-corrected chi connectivity index (χ3v) is 2.70. The highest BCUT2D eigenvalue weighted by atomic mass is 19.1. The molecule has 0 amide bonds. The molecule has 0 spiro atoms. The van der Waals surface area contributed by atoms with Gasteiger partial charge in [0.25, 0.3) is 5.69 Å². The molecule has 1 unspecified atom stereocenters. The van der Waals surface area contributed by atoms with E-state index in [2.05, 4.69) is 10.3 Å². The van der Waals surface area contributed by atoms with Crippen LogP contribution >= 0.6 is 0 Å². The Bertz CT molecular complexity index is 612. The number of nitro groups is 1. The summed E-state index contributed by atoms with van der Waals surface area (Å²) in [6, 6.07) is 3.17. The van der Waals surface area contributed by atoms with Crippen LogP contribution in [0.25, 0.3) is 11.3 Å². The zero-order valence-electron chi connectivity index (χ0n) is 10.4. The number of oxazole rings is 1. The van der Waals surface area contributed by atoms with Crippen LogP contribution in [0.2, 0.25) is 0 Å². The zero-order chi connectivity index (χ0) is 14.0. The molecule has 0 radical (unpaired) electrons. The second-order valence-electron chi connectivity index (χ2n) is 4.03. The molecule has 6 nitrogen and oxygen atoms in total. The van der Waals surface area contributed by atoms with Crippen LogP contribution in [0.15, 0.2) is 28.8 Å². The average molecular weight is 265 g/mol. The molecule has 1 N–H and O–H groups in total. The van der Waals surface area contributed by atoms with Crippen molar-refractivity contribution in [1.29, 1.82) is 0 Å². The smallest absolute Gasteiger partial charge is 0.273 e. The average Bonchev–Trinajstić information content (AvgIpc) is 2.86. The standard InChI is InChI=1S/C12H12FN3O3/c1-7(14-2)12-15-6-11(19-12)8-3-9(13)5-10(4-8)16(17)18/h3-7,14H,1-2H3. The fraction of sp³-hybridized carbons (Fsp3) is 0.250. The maximum absolute atomic E-state index is 13.3. The van der Waals surface area contributed by atoms with Crippen molar-refractivity contribution in [1.82, 2.24) is 10.3 Å². The Balaban J connectivity index is 2.41. The van der Waals surface area contributed by atoms with Crippen molar-refractivity contribution in [3.63, 3.8) is 0 Å². The van der Waals surface area contributed by atoms with Gasteiger partial charge >= 0.3 is 0 Å². The number of hydrogen-bond donors (Lipinski definition) is 1. The van der Waals surface area contributed by atoms with Gasteiger partial charge in [0.2, 0.25) is 5.89 Å². The summed E-state index contributed by atoms with van der Waals surface area (Å²) in [5.41, 5.74) is -0.0385. The molecular weight excluding hydrogens is 253 g/mol. The van der Waals surface area contributed by atoms with E-state index in [1.54, 1.807) is 7.05 Å². The van der Waals surface area contributed by atoms with Gasteiger partial charge in [-0.05, 0) is 20.0 Å². The van der Waals surface area contributed by atoms with Crippen LogP contribution in [0.5, 0.6) is 0 Å². The number of non-ortho nitro benzene ring substituents is 1. The summed E-state index contributed by atoms with van der Waals surface area (Å²) in [6.07, 6.45) is 1.42. The molecule has 0 aliphatic rings. The summed E-state index contributed by atoms with van der Waals surface area (Å²) in [5.74, 6) is 0.0351. The van der Waals surface area contributed by atoms with Gasteiger partial charge in [-0.25, -0.2) is 9.37 Å². The Hall–Kier alpha value is -2.28. The van der Waals surface area contributed by atoms with Crippen molar-refractivity contribution in [2.24, 2.45) is 0 Å². The van der Waals surface area contributed by atoms with Crippen LogP contribution in [0.4, 0.5) is 10.1 Å². The van der Waals surface area contributed by atoms with Crippen molar-refractivity contribution in [2.75, 3.05) is 7.05 Å². The number of nitrogens with one attached hydrogen (secondary N) is 1. The zero-order valence-corrected chi connectivity index (χ0v) is 10.4. The van der Waals surface area contributed by atoms with E-state index >= 15 is 0 Å². The highest BCUT2D eigenvalue weighted by Gasteiger charge is 2.15. The monoisotopic (exact) mass is 265 g/mol. The maximum atomic E-state index is 13.3. The first-order valence-corrected chi connectivity index (χ1v) is 5.59. The second kappa shape index (κ2) is 5.15. The Kier molecular flexibility index (Phi) is 3.57. The Morgan fingerprint density at radius 1 is 1.47 bits per heavy atom. The van der Waals surface area contributed by atoms with Gasteiger partial charge in [0.05, 0.1) is 23.2 Å². The normalized spacial score (nSPS) is 12.4. The Morgan fingerprint density at radius 2 is 2.21 bits per heavy atom. The number of rotatable bonds is 4. The summed E-state index contributed by atoms with van der Waals surface area (Å²) in [6.45, 7) is 1.85. The molecule has 2 rings (SSSR count). The molecule has 100 valence electrons. The lowest BCUT2D eigenvalue weighted by Gasteiger charge is -2.03. The molecule has 0 saturated carbocycles. The number of nitrogens with zero attached hydrogens (tertiary/aromatic N) is 2. The Morgan fingerprint density at radius 3 is 2.84 bits per heavy atom. The first-order chi connectivity index (χ1) is 9.01. The Labute approximate surface area is 108 Å². The van der Waals surface area contributed by atoms with Gasteiger partial charge < -0.3 is 9.73 Å². The maximum Gasteiger partial charge on any atom is 0.273 e. The minimum atomic E-state index is -0.691. The van der Waals surface area contributed by atoms with Gasteiger partial charge in [0.1, 0.15) is 5.82 Å². The summed E-state index contributed by atoms with van der Waals surface area (Å²) >= 11 is 0. The van der Waals surface area contributed by atoms with E-state index < -0.39 is 10.7 Å². The van der Waals surface area contributed by atoms with Crippen LogP contribution in [-0.2, 0) is 0 Å². The van der Waals surface area contributed by atoms with E-state index in [4.69, 9.17) is 4.42 Å². The third kappa shape index (κ3) is 2.76. The van der Waals surface area contributed by atoms with Crippen LogP contribution in [0, 0.1) is 15.9 Å². The van der Waals surface area contributed by atoms with Gasteiger partial charge in [-0.3, -0.25) is 10.1 Å². The molecule has 1 heterocycles. The topological polar surface area (TPSA) is 81.2 Å². The van der Waals surface area contributed by atoms with Crippen molar-refractivity contribution in [2.45, 2.75) is 13.0 Å². The number of benzene rings is 1. The number of aromatic nitrogens is 1. The predicted octanol–water partition coefficient (Wildman–Crippen LogP) is 2.67. The molecule has 7 heteroatoms. The molecule has 1 atom stereocenters. The lowest BCUT2D eigenvalue weighted by molar-refractivity contribution is -0.385. The first-order valence-electron chi connectivity index (χ1n) is 5.59. The molecule has 2 aromatic rings. The van der Waals surface area contributed by atoms with Crippen molar-refractivity contribution in [3.05, 3.63) is 46.2 Å². The van der Waals surface area contributed by atoms with Gasteiger partial charge in [-0.1, -0.05) is 0 Å². The highest BCUT2D eigenvalue weighted by molar-refractivity contribution is 5.60. The lowest BCUT2D eigenvalue weighted by atomic mass is 10.1. The largest absolute Gasteiger partial charge is 0.439 e. The predicted molar refractivity (Wildman–Crippen MR) is 66.0 cm³/mol. The van der Waals surface area contributed by atoms with Crippen molar-refractivity contribution in [3.8, 4) is 11.3 Å². The molecule has 1 aromatic heterocycles. The number of nitro benzene ring substituents is 1. The van der Waals surface area contributed by atoms with E-state index in [1.165, 1.54) is 18.3 Å². The third-order valence-electron chi connectivity index (χ3n) is 2.70. The molecule has 1 aromatic carbocycles. The minimum absolute atomic E-state index is 0.0997. The SMILES string of the molecule is CNC(C)c1ncc(-c2cc(F)cc([N+](=O)[O-])c2)o1. The van der Waals surface area contributed by atoms with Crippen LogP contribution < -0.4 is 5.32 Å². The summed E-state index contributed by atoms with van der Waals surface area (Å²) in [4.78, 5) is 14.1. The minimum Gasteiger partial charge on any atom is -0.439 e. The second-order valence-corrected chi connectivity index (χ2v) is 4.03. The van der Waals surface area contributed by atoms with E-state index in [0.717, 1.165) is 6.07 Å². The van der Waals surface area contributed by atoms with E-state index in [0.29, 0.717) is 11.7 Å². The number of hydrogen-bond acceptors (Lipinski definition) is 5. The first kappa shape index (κ1) is 13.2. The molecule has 0 aliphatic carbocycles. The summed E-state index contributed by atoms with van der Waals surface area (Å²) in [5, 5.41) is 13.6. The molecule has 0 fully saturated rings. The molecule has 0 saturated heterocycles. The van der Waals surface area contributed by atoms with Gasteiger partial charge in [-0.15, -0.1) is 0 Å². The van der Waals surface area contributed by atoms with Crippen LogP contribution in [-0.4, -0.2) is 17.0 Å². The van der Waals surface area contributed by atoms with E-state index in [1.807, 2.05) is 6.92 Å². The van der Waals surface area contributed by atoms with Gasteiger partial charge in [-0.2, -0.15) is 0 Å². The fourth-order valence-corrected chi connectivity index (χ4v) is 1.57. The summed E-state index contributed by atoms with van der Waals surface area (Å²) in [7, 11) is 1.75. The van der Waals surface area contributed by atoms with Crippen LogP contribution in [0.3, 0.4) is 0 Å². The lowest BCUT2D eigenvalue weighted by Crippen LogP contribution is -2.12. The van der Waals surface area contributed by atoms with Crippen molar-refractivity contribution < 1.29 is 13.7 Å². The van der Waals surface area contributed by atoms with E-state index in [-0.39, 0.29) is 17.3 Å². The van der Waals surface area contributed by atoms with Crippen molar-refractivity contribution >= 4 is 5.69 Å². The fourth-order valence-electron chi connectivity index (χ4n) is 1.57. The van der Waals surface area contributed by atoms with Gasteiger partial charge in [0, 0.05) is 11.6 Å². The van der Waals surface area contributed by atoms with Crippen LogP contribution in [0.1, 0.15) is 18.9 Å². The van der Waals surface area contributed by atoms with Gasteiger partial charge in [0.15, 0.2) is 5.76 Å². The molecular formula is C12H12FN3O3. The molecule has 19 heavy (non-hydrogen) atoms. The quantitative estimate of drug-likeness (QED) is 0.679. The molecule has 0 bridgehead atoms. The van der Waals surface area contributed by atoms with E-state index in [9.17, 15) is 14.5 Å². The number of halogens is 1. The molecule has 0 aliphatic heterocycles. The highest BCUT2D eigenvalue weighted by Crippen LogP contribution is 2.27.